The molecule has 0 bridgehead atoms. The van der Waals surface area contributed by atoms with Gasteiger partial charge in [-0.3, -0.25) is 10.1 Å². The predicted molar refractivity (Wildman–Crippen MR) is 85.0 cm³/mol. The molecule has 1 saturated heterocycles. The van der Waals surface area contributed by atoms with Crippen molar-refractivity contribution in [1.29, 1.82) is 0 Å². The van der Waals surface area contributed by atoms with Gasteiger partial charge in [-0.05, 0) is 31.6 Å². The molecule has 1 aliphatic heterocycles. The second kappa shape index (κ2) is 5.88. The van der Waals surface area contributed by atoms with Crippen molar-refractivity contribution in [2.45, 2.75) is 32.3 Å². The van der Waals surface area contributed by atoms with Crippen LogP contribution in [0.2, 0.25) is 0 Å². The maximum absolute atomic E-state index is 5.13. The minimum absolute atomic E-state index is 0.353. The lowest BCUT2D eigenvalue weighted by atomic mass is 9.91. The van der Waals surface area contributed by atoms with Crippen molar-refractivity contribution in [3.63, 3.8) is 0 Å². The predicted octanol–water partition coefficient (Wildman–Crippen LogP) is 1.68. The van der Waals surface area contributed by atoms with E-state index in [0.29, 0.717) is 18.4 Å². The van der Waals surface area contributed by atoms with Gasteiger partial charge in [0.25, 0.3) is 0 Å². The molecule has 0 amide bonds. The number of aryl methyl sites for hydroxylation is 1. The van der Waals surface area contributed by atoms with Crippen LogP contribution in [-0.4, -0.2) is 45.3 Å². The highest BCUT2D eigenvalue weighted by molar-refractivity contribution is 5.45. The number of H-pyrrole nitrogens is 1. The molecule has 4 rings (SSSR count). The molecule has 2 atom stereocenters. The van der Waals surface area contributed by atoms with Gasteiger partial charge in [0, 0.05) is 38.5 Å². The first-order chi connectivity index (χ1) is 11.3. The van der Waals surface area contributed by atoms with Crippen molar-refractivity contribution in [3.8, 4) is 0 Å². The van der Waals surface area contributed by atoms with Crippen LogP contribution < -0.4 is 4.90 Å². The van der Waals surface area contributed by atoms with Crippen LogP contribution in [0.3, 0.4) is 0 Å². The van der Waals surface area contributed by atoms with Gasteiger partial charge in [0.05, 0.1) is 5.69 Å². The van der Waals surface area contributed by atoms with E-state index in [9.17, 15) is 0 Å². The first-order valence-electron chi connectivity index (χ1n) is 8.19. The topological polar surface area (TPSA) is 79.8 Å². The summed E-state index contributed by atoms with van der Waals surface area (Å²) in [6.45, 7) is 4.42. The summed E-state index contributed by atoms with van der Waals surface area (Å²) >= 11 is 0. The van der Waals surface area contributed by atoms with Gasteiger partial charge in [0.2, 0.25) is 0 Å². The van der Waals surface area contributed by atoms with Crippen LogP contribution in [0.4, 0.5) is 5.82 Å². The smallest absolute Gasteiger partial charge is 0.156 e. The van der Waals surface area contributed by atoms with E-state index in [1.807, 2.05) is 6.92 Å². The normalized spacial score (nSPS) is 24.3. The van der Waals surface area contributed by atoms with E-state index >= 15 is 0 Å². The van der Waals surface area contributed by atoms with Crippen molar-refractivity contribution < 1.29 is 4.74 Å². The number of aromatic nitrogens is 5. The molecule has 7 heteroatoms. The van der Waals surface area contributed by atoms with E-state index in [2.05, 4.69) is 30.0 Å². The molecular formula is C16H22N6O. The lowest BCUT2D eigenvalue weighted by Gasteiger charge is -2.18. The third-order valence-electron chi connectivity index (χ3n) is 4.91. The van der Waals surface area contributed by atoms with E-state index < -0.39 is 0 Å². The zero-order chi connectivity index (χ0) is 15.8. The fourth-order valence-corrected chi connectivity index (χ4v) is 3.66. The van der Waals surface area contributed by atoms with E-state index in [1.165, 1.54) is 12.8 Å². The number of hydrogen-bond acceptors (Lipinski definition) is 6. The maximum atomic E-state index is 5.13. The zero-order valence-electron chi connectivity index (χ0n) is 13.6. The van der Waals surface area contributed by atoms with Crippen LogP contribution in [-0.2, 0) is 11.3 Å². The van der Waals surface area contributed by atoms with Gasteiger partial charge < -0.3 is 9.64 Å². The molecule has 0 aromatic carbocycles. The van der Waals surface area contributed by atoms with Crippen LogP contribution in [0.25, 0.3) is 0 Å². The van der Waals surface area contributed by atoms with E-state index in [1.54, 1.807) is 19.5 Å². The second-order valence-corrected chi connectivity index (χ2v) is 6.55. The van der Waals surface area contributed by atoms with Crippen molar-refractivity contribution in [2.24, 2.45) is 11.8 Å². The van der Waals surface area contributed by atoms with Crippen molar-refractivity contribution in [3.05, 3.63) is 29.7 Å². The fourth-order valence-electron chi connectivity index (χ4n) is 3.66. The maximum Gasteiger partial charge on any atom is 0.156 e. The minimum Gasteiger partial charge on any atom is -0.377 e. The third-order valence-corrected chi connectivity index (χ3v) is 4.91. The summed E-state index contributed by atoms with van der Waals surface area (Å²) in [4.78, 5) is 15.9. The van der Waals surface area contributed by atoms with Crippen molar-refractivity contribution in [1.82, 2.24) is 25.1 Å². The van der Waals surface area contributed by atoms with Gasteiger partial charge in [-0.15, -0.1) is 0 Å². The molecule has 0 spiro atoms. The molecule has 2 aromatic rings. The Morgan fingerprint density at radius 3 is 2.83 bits per heavy atom. The van der Waals surface area contributed by atoms with Gasteiger partial charge in [0.1, 0.15) is 12.4 Å². The lowest BCUT2D eigenvalue weighted by Crippen LogP contribution is -2.22. The number of nitrogens with zero attached hydrogens (tertiary/aromatic N) is 5. The molecule has 23 heavy (non-hydrogen) atoms. The number of hydrogen-bond donors (Lipinski definition) is 1. The Morgan fingerprint density at radius 1 is 1.26 bits per heavy atom. The molecule has 1 aliphatic carbocycles. The van der Waals surface area contributed by atoms with Crippen LogP contribution in [0, 0.1) is 18.8 Å². The SMILES string of the molecule is COCc1nc([C@H]2CN(c3nccnc3C)C[C@@H]2C2CC2)n[nH]1. The largest absolute Gasteiger partial charge is 0.377 e. The van der Waals surface area contributed by atoms with Gasteiger partial charge in [-0.1, -0.05) is 0 Å². The first kappa shape index (κ1) is 14.6. The lowest BCUT2D eigenvalue weighted by molar-refractivity contribution is 0.178. The van der Waals surface area contributed by atoms with Crippen molar-refractivity contribution in [2.75, 3.05) is 25.1 Å². The average molecular weight is 314 g/mol. The highest BCUT2D eigenvalue weighted by Crippen LogP contribution is 2.47. The molecule has 2 aromatic heterocycles. The van der Waals surface area contributed by atoms with E-state index in [4.69, 9.17) is 4.74 Å². The monoisotopic (exact) mass is 314 g/mol. The van der Waals surface area contributed by atoms with Gasteiger partial charge in [-0.2, -0.15) is 5.10 Å². The number of methoxy groups -OCH3 is 1. The summed E-state index contributed by atoms with van der Waals surface area (Å²) in [6.07, 6.45) is 6.16. The summed E-state index contributed by atoms with van der Waals surface area (Å²) in [5.74, 6) is 4.46. The summed E-state index contributed by atoms with van der Waals surface area (Å²) < 4.78 is 5.13. The molecule has 122 valence electrons. The molecule has 0 radical (unpaired) electrons. The highest BCUT2D eigenvalue weighted by Gasteiger charge is 2.45. The number of anilines is 1. The number of ether oxygens (including phenoxy) is 1. The summed E-state index contributed by atoms with van der Waals surface area (Å²) in [5, 5.41) is 7.45. The highest BCUT2D eigenvalue weighted by atomic mass is 16.5. The molecule has 2 aliphatic rings. The van der Waals surface area contributed by atoms with E-state index in [-0.39, 0.29) is 0 Å². The Balaban J connectivity index is 1.59. The zero-order valence-corrected chi connectivity index (χ0v) is 13.6. The molecule has 0 unspecified atom stereocenters. The van der Waals surface area contributed by atoms with Gasteiger partial charge in [0.15, 0.2) is 11.6 Å². The second-order valence-electron chi connectivity index (χ2n) is 6.55. The van der Waals surface area contributed by atoms with Crippen LogP contribution >= 0.6 is 0 Å². The quantitative estimate of drug-likeness (QED) is 0.904. The number of rotatable bonds is 5. The molecule has 1 saturated carbocycles. The van der Waals surface area contributed by atoms with Crippen LogP contribution in [0.1, 0.15) is 36.1 Å². The molecule has 2 fully saturated rings. The number of nitrogens with one attached hydrogen (secondary N) is 1. The van der Waals surface area contributed by atoms with E-state index in [0.717, 1.165) is 42.2 Å². The molecule has 3 heterocycles. The number of aromatic amines is 1. The standard InChI is InChI=1S/C16H22N6O/c1-10-16(18-6-5-17-10)22-7-12(11-3-4-11)13(8-22)15-19-14(9-23-2)20-21-15/h5-6,11-13H,3-4,7-9H2,1-2H3,(H,19,20,21)/t12-,13+/m1/s1. The molecular weight excluding hydrogens is 292 g/mol. The summed E-state index contributed by atoms with van der Waals surface area (Å²) in [7, 11) is 1.67. The Labute approximate surface area is 135 Å². The third kappa shape index (κ3) is 2.81. The Morgan fingerprint density at radius 2 is 2.09 bits per heavy atom. The Hall–Kier alpha value is -2.02. The van der Waals surface area contributed by atoms with Gasteiger partial charge >= 0.3 is 0 Å². The van der Waals surface area contributed by atoms with Crippen LogP contribution in [0.5, 0.6) is 0 Å². The Kier molecular flexibility index (Phi) is 3.72. The molecule has 7 nitrogen and oxygen atoms in total. The van der Waals surface area contributed by atoms with Gasteiger partial charge in [-0.25, -0.2) is 9.97 Å². The summed E-state index contributed by atoms with van der Waals surface area (Å²) in [5.41, 5.74) is 0.984. The Bertz CT molecular complexity index is 683. The fraction of sp³-hybridized carbons (Fsp3) is 0.625. The molecule has 1 N–H and O–H groups in total. The van der Waals surface area contributed by atoms with Crippen LogP contribution in [0.15, 0.2) is 12.4 Å². The minimum atomic E-state index is 0.353. The first-order valence-corrected chi connectivity index (χ1v) is 8.19. The average Bonchev–Trinajstić information content (AvgIpc) is 3.13. The summed E-state index contributed by atoms with van der Waals surface area (Å²) in [6, 6.07) is 0. The van der Waals surface area contributed by atoms with Crippen molar-refractivity contribution >= 4 is 5.82 Å².